The maximum absolute atomic E-state index is 13.0. The zero-order chi connectivity index (χ0) is 22.8. The van der Waals surface area contributed by atoms with Crippen LogP contribution in [-0.4, -0.2) is 43.9 Å². The van der Waals surface area contributed by atoms with E-state index in [-0.39, 0.29) is 13.3 Å². The van der Waals surface area contributed by atoms with Gasteiger partial charge in [0.1, 0.15) is 12.8 Å². The van der Waals surface area contributed by atoms with E-state index in [9.17, 15) is 23.9 Å². The van der Waals surface area contributed by atoms with Crippen molar-refractivity contribution in [2.24, 2.45) is 5.92 Å². The zero-order valence-corrected chi connectivity index (χ0v) is 18.4. The first-order valence-electron chi connectivity index (χ1n) is 9.82. The Morgan fingerprint density at radius 3 is 2.48 bits per heavy atom. The van der Waals surface area contributed by atoms with Gasteiger partial charge in [-0.1, -0.05) is 37.3 Å². The number of hydrogen-bond acceptors (Lipinski definition) is 6. The molecule has 1 aliphatic rings. The van der Waals surface area contributed by atoms with Gasteiger partial charge >= 0.3 is 13.3 Å². The first-order valence-corrected chi connectivity index (χ1v) is 11.5. The lowest BCUT2D eigenvalue weighted by atomic mass is 9.98. The molecule has 2 N–H and O–H groups in total. The quantitative estimate of drug-likeness (QED) is 0.571. The molecule has 31 heavy (non-hydrogen) atoms. The summed E-state index contributed by atoms with van der Waals surface area (Å²) in [4.78, 5) is 44.4. The molecular weight excluding hydrogens is 427 g/mol. The van der Waals surface area contributed by atoms with Crippen LogP contribution in [0.1, 0.15) is 25.6 Å². The van der Waals surface area contributed by atoms with Crippen molar-refractivity contribution < 1.29 is 28.6 Å². The highest BCUT2D eigenvalue weighted by atomic mass is 31.2. The molecule has 5 atom stereocenters. The molecule has 1 saturated heterocycles. The van der Waals surface area contributed by atoms with Crippen LogP contribution in [-0.2, 0) is 32.1 Å². The van der Waals surface area contributed by atoms with Gasteiger partial charge in [-0.3, -0.25) is 13.9 Å². The number of ether oxygens (including phenoxy) is 3. The molecule has 2 heterocycles. The Labute approximate surface area is 179 Å². The van der Waals surface area contributed by atoms with Crippen molar-refractivity contribution in [3.8, 4) is 0 Å². The summed E-state index contributed by atoms with van der Waals surface area (Å²) in [5.74, 6) is -0.403. The Balaban J connectivity index is 1.85. The van der Waals surface area contributed by atoms with Crippen molar-refractivity contribution in [3.63, 3.8) is 0 Å². The third-order valence-electron chi connectivity index (χ3n) is 5.59. The van der Waals surface area contributed by atoms with Crippen LogP contribution in [0.3, 0.4) is 0 Å². The lowest BCUT2D eigenvalue weighted by Gasteiger charge is -2.23. The number of aromatic nitrogens is 2. The van der Waals surface area contributed by atoms with E-state index in [0.29, 0.717) is 0 Å². The summed E-state index contributed by atoms with van der Waals surface area (Å²) in [6.07, 6.45) is -1.13. The van der Waals surface area contributed by atoms with Crippen LogP contribution < -0.4 is 11.2 Å². The monoisotopic (exact) mass is 454 g/mol. The molecule has 1 unspecified atom stereocenters. The van der Waals surface area contributed by atoms with Crippen molar-refractivity contribution in [1.82, 2.24) is 9.13 Å². The van der Waals surface area contributed by atoms with Crippen LogP contribution in [0.5, 0.6) is 0 Å². The van der Waals surface area contributed by atoms with Crippen molar-refractivity contribution in [2.75, 3.05) is 7.11 Å². The Hall–Kier alpha value is -2.07. The number of rotatable bonds is 8. The standard InChI is InChI=1S/C20H27N2O8P/c1-13-17(14(2)31(25,26)27)30-19(18(13)28-3)21-10-9-16(23)22(20(21)24)12-29-11-15-7-5-4-6-8-15/h4-10,13-14,17-19H,11-12H2,1-3H3,(H2,25,26,27)/t13-,14?,17+,18-,19-/m1/s1. The molecule has 0 aliphatic carbocycles. The van der Waals surface area contributed by atoms with Crippen LogP contribution in [0.25, 0.3) is 0 Å². The molecule has 0 saturated carbocycles. The van der Waals surface area contributed by atoms with Gasteiger partial charge in [-0.05, 0) is 12.5 Å². The number of methoxy groups -OCH3 is 1. The molecule has 1 fully saturated rings. The molecule has 0 radical (unpaired) electrons. The number of benzene rings is 1. The average Bonchev–Trinajstić information content (AvgIpc) is 3.05. The molecule has 1 aliphatic heterocycles. The molecule has 0 bridgehead atoms. The minimum Gasteiger partial charge on any atom is -0.376 e. The molecule has 170 valence electrons. The molecule has 0 spiro atoms. The van der Waals surface area contributed by atoms with Gasteiger partial charge in [0, 0.05) is 25.3 Å². The fourth-order valence-electron chi connectivity index (χ4n) is 3.78. The number of hydrogen-bond donors (Lipinski definition) is 2. The SMILES string of the molecule is CO[C@@H]1[C@H](C)[C@@H](C(C)P(=O)(O)O)O[C@H]1n1ccc(=O)n(COCc2ccccc2)c1=O. The van der Waals surface area contributed by atoms with Crippen LogP contribution in [0.15, 0.2) is 52.2 Å². The minimum atomic E-state index is -4.41. The normalized spacial score (nSPS) is 24.9. The highest BCUT2D eigenvalue weighted by Crippen LogP contribution is 2.49. The average molecular weight is 454 g/mol. The zero-order valence-electron chi connectivity index (χ0n) is 17.5. The van der Waals surface area contributed by atoms with E-state index in [4.69, 9.17) is 14.2 Å². The summed E-state index contributed by atoms with van der Waals surface area (Å²) in [7, 11) is -2.98. The number of nitrogens with zero attached hydrogens (tertiary/aromatic N) is 2. The Bertz CT molecular complexity index is 1050. The fraction of sp³-hybridized carbons (Fsp3) is 0.500. The first kappa shape index (κ1) is 23.6. The van der Waals surface area contributed by atoms with E-state index in [2.05, 4.69) is 0 Å². The molecule has 11 heteroatoms. The van der Waals surface area contributed by atoms with E-state index in [0.717, 1.165) is 10.1 Å². The van der Waals surface area contributed by atoms with Gasteiger partial charge in [-0.25, -0.2) is 9.36 Å². The summed E-state index contributed by atoms with van der Waals surface area (Å²) in [6, 6.07) is 10.5. The Morgan fingerprint density at radius 2 is 1.87 bits per heavy atom. The van der Waals surface area contributed by atoms with Gasteiger partial charge in [0.2, 0.25) is 0 Å². The maximum atomic E-state index is 13.0. The summed E-state index contributed by atoms with van der Waals surface area (Å²) in [6.45, 7) is 3.12. The van der Waals surface area contributed by atoms with Gasteiger partial charge < -0.3 is 24.0 Å². The minimum absolute atomic E-state index is 0.223. The van der Waals surface area contributed by atoms with Gasteiger partial charge in [0.25, 0.3) is 5.56 Å². The fourth-order valence-corrected chi connectivity index (χ4v) is 4.51. The molecule has 0 amide bonds. The second-order valence-corrected chi connectivity index (χ2v) is 9.61. The second-order valence-electron chi connectivity index (χ2n) is 7.62. The van der Waals surface area contributed by atoms with Crippen molar-refractivity contribution >= 4 is 7.60 Å². The van der Waals surface area contributed by atoms with E-state index in [1.807, 2.05) is 30.3 Å². The van der Waals surface area contributed by atoms with Gasteiger partial charge in [0.15, 0.2) is 6.23 Å². The third kappa shape index (κ3) is 5.06. The molecule has 10 nitrogen and oxygen atoms in total. The largest absolute Gasteiger partial charge is 0.376 e. The van der Waals surface area contributed by atoms with E-state index in [1.165, 1.54) is 30.9 Å². The predicted molar refractivity (Wildman–Crippen MR) is 112 cm³/mol. The summed E-state index contributed by atoms with van der Waals surface area (Å²) < 4.78 is 30.8. The summed E-state index contributed by atoms with van der Waals surface area (Å²) >= 11 is 0. The molecule has 1 aromatic carbocycles. The van der Waals surface area contributed by atoms with Crippen molar-refractivity contribution in [2.45, 2.75) is 51.3 Å². The van der Waals surface area contributed by atoms with Crippen LogP contribution >= 0.6 is 7.60 Å². The first-order chi connectivity index (χ1) is 14.6. The van der Waals surface area contributed by atoms with Gasteiger partial charge in [-0.2, -0.15) is 0 Å². The molecule has 3 rings (SSSR count). The van der Waals surface area contributed by atoms with Crippen LogP contribution in [0.2, 0.25) is 0 Å². The van der Waals surface area contributed by atoms with Crippen LogP contribution in [0, 0.1) is 5.92 Å². The molecule has 2 aromatic rings. The van der Waals surface area contributed by atoms with Gasteiger partial charge in [0.05, 0.1) is 18.4 Å². The topological polar surface area (TPSA) is 129 Å². The second kappa shape index (κ2) is 9.60. The smallest absolute Gasteiger partial charge is 0.335 e. The Morgan fingerprint density at radius 1 is 1.19 bits per heavy atom. The van der Waals surface area contributed by atoms with E-state index < -0.39 is 48.9 Å². The van der Waals surface area contributed by atoms with Crippen LogP contribution in [0.4, 0.5) is 0 Å². The van der Waals surface area contributed by atoms with E-state index in [1.54, 1.807) is 6.92 Å². The molecule has 1 aromatic heterocycles. The summed E-state index contributed by atoms with van der Waals surface area (Å²) in [5, 5.41) is 0. The maximum Gasteiger partial charge on any atom is 0.335 e. The summed E-state index contributed by atoms with van der Waals surface area (Å²) in [5.41, 5.74) is -1.38. The predicted octanol–water partition coefficient (Wildman–Crippen LogP) is 1.30. The van der Waals surface area contributed by atoms with Gasteiger partial charge in [-0.15, -0.1) is 0 Å². The van der Waals surface area contributed by atoms with Crippen molar-refractivity contribution in [1.29, 1.82) is 0 Å². The lowest BCUT2D eigenvalue weighted by molar-refractivity contribution is -0.0551. The highest BCUT2D eigenvalue weighted by molar-refractivity contribution is 7.52. The highest BCUT2D eigenvalue weighted by Gasteiger charge is 2.49. The lowest BCUT2D eigenvalue weighted by Crippen LogP contribution is -2.43. The Kier molecular flexibility index (Phi) is 7.31. The molecular formula is C20H27N2O8P. The van der Waals surface area contributed by atoms with Crippen molar-refractivity contribution in [3.05, 3.63) is 69.0 Å². The van der Waals surface area contributed by atoms with E-state index >= 15 is 0 Å². The third-order valence-corrected chi connectivity index (χ3v) is 6.95.